The third-order valence-corrected chi connectivity index (χ3v) is 3.77. The van der Waals surface area contributed by atoms with E-state index in [-0.39, 0.29) is 11.9 Å². The molecule has 1 N–H and O–H groups in total. The van der Waals surface area contributed by atoms with Crippen LogP contribution in [0.4, 0.5) is 0 Å². The van der Waals surface area contributed by atoms with Gasteiger partial charge in [-0.15, -0.1) is 0 Å². The minimum atomic E-state index is -0.198. The number of rotatable bonds is 8. The first-order chi connectivity index (χ1) is 11.3. The highest BCUT2D eigenvalue weighted by Crippen LogP contribution is 2.23. The average molecular weight is 354 g/mol. The largest absolute Gasteiger partial charge is 0.508 e. The number of nitrogens with zero attached hydrogens (tertiary/aromatic N) is 3. The highest BCUT2D eigenvalue weighted by molar-refractivity contribution is 6.31. The van der Waals surface area contributed by atoms with Gasteiger partial charge >= 0.3 is 0 Å². The Kier molecular flexibility index (Phi) is 6.60. The van der Waals surface area contributed by atoms with E-state index in [9.17, 15) is 5.11 Å². The Hall–Kier alpha value is -1.63. The van der Waals surface area contributed by atoms with E-state index in [0.717, 1.165) is 5.56 Å². The molecule has 1 aromatic heterocycles. The zero-order valence-electron chi connectivity index (χ0n) is 14.5. The molecule has 1 unspecified atom stereocenters. The van der Waals surface area contributed by atoms with Crippen molar-refractivity contribution in [3.8, 4) is 5.75 Å². The van der Waals surface area contributed by atoms with Crippen molar-refractivity contribution in [2.24, 2.45) is 5.92 Å². The monoisotopic (exact) mass is 353 g/mol. The number of phenolic OH excluding ortho intramolecular Hbond substituents is 1. The lowest BCUT2D eigenvalue weighted by molar-refractivity contribution is 0.0402. The summed E-state index contributed by atoms with van der Waals surface area (Å²) in [5.41, 5.74) is 0.840. The summed E-state index contributed by atoms with van der Waals surface area (Å²) >= 11 is 6.14. The van der Waals surface area contributed by atoms with Crippen molar-refractivity contribution < 1.29 is 14.4 Å². The number of aromatic nitrogens is 2. The zero-order valence-corrected chi connectivity index (χ0v) is 15.2. The second-order valence-corrected chi connectivity index (χ2v) is 6.77. The van der Waals surface area contributed by atoms with Crippen LogP contribution in [0.25, 0.3) is 0 Å². The van der Waals surface area contributed by atoms with Crippen LogP contribution in [-0.4, -0.2) is 33.8 Å². The first-order valence-electron chi connectivity index (χ1n) is 7.95. The van der Waals surface area contributed by atoms with Crippen LogP contribution in [0.1, 0.15) is 44.2 Å². The summed E-state index contributed by atoms with van der Waals surface area (Å²) in [4.78, 5) is 6.37. The lowest BCUT2D eigenvalue weighted by Crippen LogP contribution is -2.17. The number of hydrogen-bond donors (Lipinski definition) is 1. The van der Waals surface area contributed by atoms with Crippen molar-refractivity contribution in [1.82, 2.24) is 15.0 Å². The molecule has 0 radical (unpaired) electrons. The lowest BCUT2D eigenvalue weighted by Gasteiger charge is -2.15. The molecule has 7 heteroatoms. The van der Waals surface area contributed by atoms with Gasteiger partial charge in [-0.05, 0) is 43.7 Å². The van der Waals surface area contributed by atoms with E-state index in [1.807, 2.05) is 18.9 Å². The minimum absolute atomic E-state index is 0.194. The maximum Gasteiger partial charge on any atom is 0.240 e. The van der Waals surface area contributed by atoms with Gasteiger partial charge in [0.15, 0.2) is 5.82 Å². The topological polar surface area (TPSA) is 71.6 Å². The molecule has 0 amide bonds. The van der Waals surface area contributed by atoms with Crippen LogP contribution in [0, 0.1) is 5.92 Å². The fraction of sp³-hybridized carbons (Fsp3) is 0.529. The van der Waals surface area contributed by atoms with Crippen LogP contribution in [0.3, 0.4) is 0 Å². The normalized spacial score (nSPS) is 13.0. The van der Waals surface area contributed by atoms with E-state index in [4.69, 9.17) is 20.9 Å². The predicted molar refractivity (Wildman–Crippen MR) is 91.8 cm³/mol. The molecule has 0 aliphatic rings. The fourth-order valence-corrected chi connectivity index (χ4v) is 2.35. The highest BCUT2D eigenvalue weighted by Gasteiger charge is 2.16. The van der Waals surface area contributed by atoms with Crippen molar-refractivity contribution in [3.63, 3.8) is 0 Å². The fourth-order valence-electron chi connectivity index (χ4n) is 2.17. The molecule has 1 heterocycles. The molecular formula is C17H24ClN3O3. The van der Waals surface area contributed by atoms with Gasteiger partial charge in [0, 0.05) is 18.2 Å². The van der Waals surface area contributed by atoms with E-state index >= 15 is 0 Å². The summed E-state index contributed by atoms with van der Waals surface area (Å²) in [6.45, 7) is 7.79. The maximum absolute atomic E-state index is 9.56. The van der Waals surface area contributed by atoms with Gasteiger partial charge in [0.1, 0.15) is 11.9 Å². The molecule has 0 saturated carbocycles. The molecule has 1 aromatic carbocycles. The molecule has 0 aliphatic heterocycles. The number of hydrogen-bond acceptors (Lipinski definition) is 6. The summed E-state index contributed by atoms with van der Waals surface area (Å²) in [7, 11) is 1.92. The number of ether oxygens (including phenoxy) is 1. The van der Waals surface area contributed by atoms with Gasteiger partial charge in [-0.25, -0.2) is 0 Å². The Morgan fingerprint density at radius 3 is 2.75 bits per heavy atom. The highest BCUT2D eigenvalue weighted by atomic mass is 35.5. The van der Waals surface area contributed by atoms with Crippen molar-refractivity contribution in [2.75, 3.05) is 13.7 Å². The third-order valence-electron chi connectivity index (χ3n) is 3.40. The summed E-state index contributed by atoms with van der Waals surface area (Å²) in [6, 6.07) is 4.90. The molecule has 2 rings (SSSR count). The van der Waals surface area contributed by atoms with E-state index < -0.39 is 0 Å². The Labute approximate surface area is 147 Å². The molecule has 6 nitrogen and oxygen atoms in total. The molecule has 0 aliphatic carbocycles. The molecule has 0 bridgehead atoms. The van der Waals surface area contributed by atoms with E-state index in [2.05, 4.69) is 24.0 Å². The number of aromatic hydroxyl groups is 1. The van der Waals surface area contributed by atoms with Crippen LogP contribution in [0.5, 0.6) is 5.75 Å². The van der Waals surface area contributed by atoms with Crippen molar-refractivity contribution in [1.29, 1.82) is 0 Å². The maximum atomic E-state index is 9.56. The minimum Gasteiger partial charge on any atom is -0.508 e. The predicted octanol–water partition coefficient (Wildman–Crippen LogP) is 3.79. The molecule has 0 fully saturated rings. The van der Waals surface area contributed by atoms with Gasteiger partial charge in [0.25, 0.3) is 0 Å². The number of benzene rings is 1. The molecule has 0 saturated heterocycles. The smallest absolute Gasteiger partial charge is 0.240 e. The summed E-state index contributed by atoms with van der Waals surface area (Å²) in [5.74, 6) is 1.72. The van der Waals surface area contributed by atoms with Crippen molar-refractivity contribution >= 4 is 11.6 Å². The molecule has 1 atom stereocenters. The first-order valence-corrected chi connectivity index (χ1v) is 8.33. The van der Waals surface area contributed by atoms with Crippen LogP contribution in [-0.2, 0) is 17.8 Å². The molecular weight excluding hydrogens is 330 g/mol. The molecule has 0 spiro atoms. The Bertz CT molecular complexity index is 660. The number of halogens is 1. The van der Waals surface area contributed by atoms with Crippen molar-refractivity contribution in [3.05, 3.63) is 40.5 Å². The second kappa shape index (κ2) is 8.46. The van der Waals surface area contributed by atoms with E-state index in [1.165, 1.54) is 0 Å². The van der Waals surface area contributed by atoms with Crippen molar-refractivity contribution in [2.45, 2.75) is 40.0 Å². The van der Waals surface area contributed by atoms with Crippen LogP contribution < -0.4 is 0 Å². The van der Waals surface area contributed by atoms with Crippen LogP contribution in [0.15, 0.2) is 22.7 Å². The zero-order chi connectivity index (χ0) is 17.7. The molecule has 24 heavy (non-hydrogen) atoms. The third kappa shape index (κ3) is 5.47. The Balaban J connectivity index is 1.92. The summed E-state index contributed by atoms with van der Waals surface area (Å²) < 4.78 is 11.0. The quantitative estimate of drug-likeness (QED) is 0.778. The molecule has 132 valence electrons. The molecule has 2 aromatic rings. The standard InChI is InChI=1S/C17H24ClN3O3/c1-11(2)10-23-12(3)17-19-16(24-20-17)9-21(4)8-13-7-14(22)5-6-15(13)18/h5-7,11-12,22H,8-10H2,1-4H3. The van der Waals surface area contributed by atoms with Crippen LogP contribution in [0.2, 0.25) is 5.02 Å². The SMILES string of the molecule is CC(C)COC(C)c1noc(CN(C)Cc2cc(O)ccc2Cl)n1. The van der Waals surface area contributed by atoms with Gasteiger partial charge in [-0.1, -0.05) is 30.6 Å². The first kappa shape index (κ1) is 18.7. The average Bonchev–Trinajstić information content (AvgIpc) is 2.97. The van der Waals surface area contributed by atoms with E-state index in [0.29, 0.717) is 42.4 Å². The van der Waals surface area contributed by atoms with Gasteiger partial charge in [0.2, 0.25) is 5.89 Å². The summed E-state index contributed by atoms with van der Waals surface area (Å²) in [5, 5.41) is 14.2. The van der Waals surface area contributed by atoms with Gasteiger partial charge in [0.05, 0.1) is 6.54 Å². The summed E-state index contributed by atoms with van der Waals surface area (Å²) in [6.07, 6.45) is -0.198. The number of phenols is 1. The Morgan fingerprint density at radius 2 is 2.04 bits per heavy atom. The van der Waals surface area contributed by atoms with E-state index in [1.54, 1.807) is 18.2 Å². The van der Waals surface area contributed by atoms with Gasteiger partial charge in [-0.3, -0.25) is 4.90 Å². The Morgan fingerprint density at radius 1 is 1.29 bits per heavy atom. The van der Waals surface area contributed by atoms with Gasteiger partial charge in [-0.2, -0.15) is 4.98 Å². The second-order valence-electron chi connectivity index (χ2n) is 6.36. The lowest BCUT2D eigenvalue weighted by atomic mass is 10.2. The van der Waals surface area contributed by atoms with Gasteiger partial charge < -0.3 is 14.4 Å². The van der Waals surface area contributed by atoms with Crippen LogP contribution >= 0.6 is 11.6 Å².